The van der Waals surface area contributed by atoms with Gasteiger partial charge < -0.3 is 10.2 Å². The summed E-state index contributed by atoms with van der Waals surface area (Å²) in [6.45, 7) is 1.94. The molecule has 1 fully saturated rings. The zero-order valence-corrected chi connectivity index (χ0v) is 17.3. The molecule has 1 aliphatic heterocycles. The largest absolute Gasteiger partial charge is 0.354 e. The third kappa shape index (κ3) is 5.16. The van der Waals surface area contributed by atoms with E-state index in [0.717, 1.165) is 47.2 Å². The van der Waals surface area contributed by atoms with Gasteiger partial charge in [-0.2, -0.15) is 0 Å². The van der Waals surface area contributed by atoms with Gasteiger partial charge >= 0.3 is 0 Å². The second-order valence-electron chi connectivity index (χ2n) is 7.21. The maximum Gasteiger partial charge on any atom is 0.223 e. The number of nitrogens with zero attached hydrogens (tertiary/aromatic N) is 3. The molecule has 0 saturated carbocycles. The Kier molecular flexibility index (Phi) is 6.59. The van der Waals surface area contributed by atoms with Crippen LogP contribution in [0.5, 0.6) is 0 Å². The van der Waals surface area contributed by atoms with Crippen LogP contribution in [0.3, 0.4) is 0 Å². The van der Waals surface area contributed by atoms with E-state index in [4.69, 9.17) is 0 Å². The molecule has 0 bridgehead atoms. The number of carbonyl (C=O) groups is 1. The molecule has 0 aliphatic carbocycles. The molecule has 7 heteroatoms. The quantitative estimate of drug-likeness (QED) is 0.642. The van der Waals surface area contributed by atoms with Crippen LogP contribution in [-0.4, -0.2) is 29.0 Å². The molecule has 1 N–H and O–H groups in total. The highest BCUT2D eigenvalue weighted by Crippen LogP contribution is 2.33. The molecule has 2 aromatic carbocycles. The minimum Gasteiger partial charge on any atom is -0.354 e. The van der Waals surface area contributed by atoms with Gasteiger partial charge in [0.1, 0.15) is 10.8 Å². The van der Waals surface area contributed by atoms with Crippen LogP contribution in [0.4, 0.5) is 10.2 Å². The molecular weight excluding hydrogens is 399 g/mol. The van der Waals surface area contributed by atoms with E-state index in [1.807, 2.05) is 18.2 Å². The molecule has 1 aromatic heterocycles. The topological polar surface area (TPSA) is 58.1 Å². The van der Waals surface area contributed by atoms with Gasteiger partial charge in [-0.25, -0.2) is 14.4 Å². The van der Waals surface area contributed by atoms with Gasteiger partial charge in [0, 0.05) is 42.8 Å². The van der Waals surface area contributed by atoms with Gasteiger partial charge in [0.15, 0.2) is 5.82 Å². The summed E-state index contributed by atoms with van der Waals surface area (Å²) in [6, 6.07) is 16.3. The number of hydrogen-bond acceptors (Lipinski definition) is 5. The van der Waals surface area contributed by atoms with Crippen molar-refractivity contribution in [1.82, 2.24) is 15.3 Å². The minimum atomic E-state index is -0.272. The number of hydrogen-bond donors (Lipinski definition) is 1. The van der Waals surface area contributed by atoms with E-state index in [9.17, 15) is 9.18 Å². The van der Waals surface area contributed by atoms with Gasteiger partial charge in [-0.05, 0) is 42.7 Å². The number of aromatic nitrogens is 2. The van der Waals surface area contributed by atoms with Crippen LogP contribution in [0.2, 0.25) is 0 Å². The number of amides is 1. The Morgan fingerprint density at radius 1 is 1.03 bits per heavy atom. The summed E-state index contributed by atoms with van der Waals surface area (Å²) in [7, 11) is 0. The van der Waals surface area contributed by atoms with Crippen molar-refractivity contribution in [3.63, 3.8) is 0 Å². The highest BCUT2D eigenvalue weighted by molar-refractivity contribution is 7.99. The summed E-state index contributed by atoms with van der Waals surface area (Å²) < 4.78 is 13.0. The van der Waals surface area contributed by atoms with E-state index >= 15 is 0 Å². The molecule has 1 aliphatic rings. The van der Waals surface area contributed by atoms with Crippen molar-refractivity contribution in [3.8, 4) is 0 Å². The van der Waals surface area contributed by atoms with E-state index in [1.165, 1.54) is 12.1 Å². The summed E-state index contributed by atoms with van der Waals surface area (Å²) in [5.41, 5.74) is 0.893. The van der Waals surface area contributed by atoms with Crippen LogP contribution in [0.25, 0.3) is 0 Å². The summed E-state index contributed by atoms with van der Waals surface area (Å²) >= 11 is 1.60. The van der Waals surface area contributed by atoms with Gasteiger partial charge in [-0.1, -0.05) is 42.1 Å². The van der Waals surface area contributed by atoms with Crippen molar-refractivity contribution in [2.24, 2.45) is 5.92 Å². The monoisotopic (exact) mass is 422 g/mol. The second kappa shape index (κ2) is 9.71. The molecule has 3 aromatic rings. The molecule has 5 nitrogen and oxygen atoms in total. The normalized spacial score (nSPS) is 14.5. The number of rotatable bonds is 6. The van der Waals surface area contributed by atoms with Crippen LogP contribution in [0.1, 0.15) is 18.4 Å². The summed E-state index contributed by atoms with van der Waals surface area (Å²) in [6.07, 6.45) is 4.96. The van der Waals surface area contributed by atoms with Crippen molar-refractivity contribution in [1.29, 1.82) is 0 Å². The lowest BCUT2D eigenvalue weighted by molar-refractivity contribution is -0.125. The smallest absolute Gasteiger partial charge is 0.223 e. The molecular formula is C23H23FN4OS. The van der Waals surface area contributed by atoms with Crippen LogP contribution in [0, 0.1) is 11.7 Å². The lowest BCUT2D eigenvalue weighted by Gasteiger charge is -2.32. The fourth-order valence-electron chi connectivity index (χ4n) is 3.50. The van der Waals surface area contributed by atoms with Crippen molar-refractivity contribution >= 4 is 23.5 Å². The number of anilines is 1. The van der Waals surface area contributed by atoms with Crippen molar-refractivity contribution < 1.29 is 9.18 Å². The van der Waals surface area contributed by atoms with E-state index in [0.29, 0.717) is 6.54 Å². The SMILES string of the molecule is O=C(NCc1ccc(F)cc1)C1CCN(c2nccnc2Sc2ccccc2)CC1. The Labute approximate surface area is 179 Å². The first-order valence-electron chi connectivity index (χ1n) is 10.00. The maximum atomic E-state index is 13.0. The number of halogens is 1. The second-order valence-corrected chi connectivity index (χ2v) is 8.27. The lowest BCUT2D eigenvalue weighted by Crippen LogP contribution is -2.41. The first-order valence-corrected chi connectivity index (χ1v) is 10.8. The predicted molar refractivity (Wildman–Crippen MR) is 116 cm³/mol. The molecule has 0 spiro atoms. The Morgan fingerprint density at radius 2 is 1.73 bits per heavy atom. The molecule has 0 radical (unpaired) electrons. The van der Waals surface area contributed by atoms with E-state index in [-0.39, 0.29) is 17.6 Å². The molecule has 4 rings (SSSR count). The summed E-state index contributed by atoms with van der Waals surface area (Å²) in [4.78, 5) is 25.0. The van der Waals surface area contributed by atoms with E-state index < -0.39 is 0 Å². The number of nitrogens with one attached hydrogen (secondary N) is 1. The van der Waals surface area contributed by atoms with Gasteiger partial charge in [-0.3, -0.25) is 4.79 Å². The average Bonchev–Trinajstić information content (AvgIpc) is 2.80. The molecule has 154 valence electrons. The zero-order valence-electron chi connectivity index (χ0n) is 16.5. The predicted octanol–water partition coefficient (Wildman–Crippen LogP) is 4.30. The van der Waals surface area contributed by atoms with Crippen LogP contribution < -0.4 is 10.2 Å². The highest BCUT2D eigenvalue weighted by Gasteiger charge is 2.27. The molecule has 1 amide bonds. The summed E-state index contributed by atoms with van der Waals surface area (Å²) in [5, 5.41) is 3.85. The zero-order chi connectivity index (χ0) is 20.8. The highest BCUT2D eigenvalue weighted by atomic mass is 32.2. The fourth-order valence-corrected chi connectivity index (χ4v) is 4.40. The Bertz CT molecular complexity index is 976. The Hall–Kier alpha value is -2.93. The molecule has 0 unspecified atom stereocenters. The van der Waals surface area contributed by atoms with Crippen molar-refractivity contribution in [3.05, 3.63) is 78.4 Å². The van der Waals surface area contributed by atoms with Crippen LogP contribution >= 0.6 is 11.8 Å². The third-order valence-electron chi connectivity index (χ3n) is 5.15. The van der Waals surface area contributed by atoms with Crippen LogP contribution in [-0.2, 0) is 11.3 Å². The molecule has 2 heterocycles. The maximum absolute atomic E-state index is 13.0. The Balaban J connectivity index is 1.33. The third-order valence-corrected chi connectivity index (χ3v) is 6.14. The Morgan fingerprint density at radius 3 is 2.47 bits per heavy atom. The standard InChI is InChI=1S/C23H23FN4OS/c24-19-8-6-17(7-9-19)16-27-22(29)18-10-14-28(15-11-18)21-23(26-13-12-25-21)30-20-4-2-1-3-5-20/h1-9,12-13,18H,10-11,14-16H2,(H,27,29). The first-order chi connectivity index (χ1) is 14.7. The molecule has 0 atom stereocenters. The average molecular weight is 423 g/mol. The van der Waals surface area contributed by atoms with Gasteiger partial charge in [0.2, 0.25) is 5.91 Å². The van der Waals surface area contributed by atoms with Crippen LogP contribution in [0.15, 0.2) is 76.9 Å². The number of benzene rings is 2. The van der Waals surface area contributed by atoms with Gasteiger partial charge in [0.25, 0.3) is 0 Å². The van der Waals surface area contributed by atoms with Crippen molar-refractivity contribution in [2.75, 3.05) is 18.0 Å². The van der Waals surface area contributed by atoms with E-state index in [2.05, 4.69) is 32.3 Å². The molecule has 30 heavy (non-hydrogen) atoms. The van der Waals surface area contributed by atoms with Gasteiger partial charge in [-0.15, -0.1) is 0 Å². The summed E-state index contributed by atoms with van der Waals surface area (Å²) in [5.74, 6) is 0.628. The fraction of sp³-hybridized carbons (Fsp3) is 0.261. The number of carbonyl (C=O) groups excluding carboxylic acids is 1. The van der Waals surface area contributed by atoms with Gasteiger partial charge in [0.05, 0.1) is 0 Å². The number of piperidine rings is 1. The first kappa shape index (κ1) is 20.3. The van der Waals surface area contributed by atoms with Crippen molar-refractivity contribution in [2.45, 2.75) is 29.3 Å². The lowest BCUT2D eigenvalue weighted by atomic mass is 9.96. The van der Waals surface area contributed by atoms with E-state index in [1.54, 1.807) is 36.3 Å². The minimum absolute atomic E-state index is 0.0244. The molecule has 1 saturated heterocycles.